The molecule has 4 nitrogen and oxygen atoms in total. The molecule has 4 heteroatoms. The molecule has 3 aliphatic rings. The van der Waals surface area contributed by atoms with Crippen molar-refractivity contribution in [1.82, 2.24) is 0 Å². The van der Waals surface area contributed by atoms with Crippen LogP contribution in [-0.2, 0) is 16.0 Å². The monoisotopic (exact) mass is 284 g/mol. The van der Waals surface area contributed by atoms with Crippen LogP contribution in [0.1, 0.15) is 37.7 Å². The van der Waals surface area contributed by atoms with Crippen LogP contribution in [0.15, 0.2) is 18.2 Å². The van der Waals surface area contributed by atoms with Gasteiger partial charge in [-0.1, -0.05) is 18.9 Å². The van der Waals surface area contributed by atoms with Crippen LogP contribution in [0, 0.1) is 11.8 Å². The van der Waals surface area contributed by atoms with Gasteiger partial charge in [-0.3, -0.25) is 9.59 Å². The molecule has 110 valence electrons. The molecule has 0 spiro atoms. The van der Waals surface area contributed by atoms with Gasteiger partial charge in [0.2, 0.25) is 11.8 Å². The minimum absolute atomic E-state index is 0.0143. The van der Waals surface area contributed by atoms with Gasteiger partial charge in [0.15, 0.2) is 0 Å². The zero-order valence-electron chi connectivity index (χ0n) is 12.1. The number of hydrogen-bond donors (Lipinski definition) is 1. The number of carbonyl (C=O) groups is 2. The number of hydrogen-bond acceptors (Lipinski definition) is 3. The van der Waals surface area contributed by atoms with Gasteiger partial charge in [-0.25, -0.2) is 4.90 Å². The summed E-state index contributed by atoms with van der Waals surface area (Å²) >= 11 is 0. The average molecular weight is 284 g/mol. The second-order valence-electron chi connectivity index (χ2n) is 6.38. The van der Waals surface area contributed by atoms with Crippen molar-refractivity contribution < 1.29 is 9.59 Å². The van der Waals surface area contributed by atoms with Gasteiger partial charge in [0.1, 0.15) is 0 Å². The van der Waals surface area contributed by atoms with Gasteiger partial charge in [-0.15, -0.1) is 0 Å². The van der Waals surface area contributed by atoms with Gasteiger partial charge < -0.3 is 5.32 Å². The molecule has 2 aliphatic heterocycles. The average Bonchev–Trinajstić information content (AvgIpc) is 2.79. The number of rotatable bonds is 1. The van der Waals surface area contributed by atoms with Crippen LogP contribution in [-0.4, -0.2) is 18.4 Å². The molecule has 2 fully saturated rings. The predicted octanol–water partition coefficient (Wildman–Crippen LogP) is 2.72. The van der Waals surface area contributed by atoms with E-state index in [9.17, 15) is 9.59 Å². The number of amides is 2. The normalized spacial score (nSPS) is 28.1. The third kappa shape index (κ3) is 1.96. The Hall–Kier alpha value is -1.84. The second kappa shape index (κ2) is 4.86. The second-order valence-corrected chi connectivity index (χ2v) is 6.38. The fraction of sp³-hybridized carbons (Fsp3) is 0.529. The molecule has 1 aromatic rings. The minimum atomic E-state index is -0.0739. The maximum Gasteiger partial charge on any atom is 0.237 e. The molecule has 1 saturated heterocycles. The van der Waals surface area contributed by atoms with Crippen LogP contribution in [0.3, 0.4) is 0 Å². The van der Waals surface area contributed by atoms with Crippen molar-refractivity contribution in [3.63, 3.8) is 0 Å². The molecule has 2 unspecified atom stereocenters. The first-order valence-electron chi connectivity index (χ1n) is 8.00. The largest absolute Gasteiger partial charge is 0.385 e. The van der Waals surface area contributed by atoms with Crippen LogP contribution in [0.25, 0.3) is 0 Å². The summed E-state index contributed by atoms with van der Waals surface area (Å²) in [6, 6.07) is 5.96. The lowest BCUT2D eigenvalue weighted by Gasteiger charge is -2.21. The van der Waals surface area contributed by atoms with E-state index in [4.69, 9.17) is 0 Å². The Morgan fingerprint density at radius 2 is 1.71 bits per heavy atom. The number of anilines is 2. The molecule has 0 radical (unpaired) electrons. The van der Waals surface area contributed by atoms with Crippen LogP contribution < -0.4 is 10.2 Å². The summed E-state index contributed by atoms with van der Waals surface area (Å²) < 4.78 is 0. The first kappa shape index (κ1) is 12.9. The van der Waals surface area contributed by atoms with E-state index in [2.05, 4.69) is 11.4 Å². The molecule has 21 heavy (non-hydrogen) atoms. The van der Waals surface area contributed by atoms with Crippen LogP contribution >= 0.6 is 0 Å². The van der Waals surface area contributed by atoms with Crippen LogP contribution in [0.5, 0.6) is 0 Å². The lowest BCUT2D eigenvalue weighted by Crippen LogP contribution is -2.31. The fourth-order valence-electron chi connectivity index (χ4n) is 4.00. The van der Waals surface area contributed by atoms with Crippen LogP contribution in [0.2, 0.25) is 0 Å². The predicted molar refractivity (Wildman–Crippen MR) is 81.2 cm³/mol. The van der Waals surface area contributed by atoms with Crippen LogP contribution in [0.4, 0.5) is 11.4 Å². The summed E-state index contributed by atoms with van der Waals surface area (Å²) in [6.07, 6.45) is 6.08. The van der Waals surface area contributed by atoms with Crippen molar-refractivity contribution in [1.29, 1.82) is 0 Å². The molecule has 0 bridgehead atoms. The zero-order valence-corrected chi connectivity index (χ0v) is 12.1. The maximum absolute atomic E-state index is 12.6. The topological polar surface area (TPSA) is 49.4 Å². The van der Waals surface area contributed by atoms with Crippen molar-refractivity contribution >= 4 is 23.2 Å². The molecular formula is C17H20N2O2. The van der Waals surface area contributed by atoms with Gasteiger partial charge >= 0.3 is 0 Å². The van der Waals surface area contributed by atoms with Gasteiger partial charge in [-0.2, -0.15) is 0 Å². The standard InChI is InChI=1S/C17H20N2O2/c20-16-13-5-1-2-6-14(13)17(21)19(16)12-8-7-11-4-3-9-18-15(11)10-12/h7-8,10,13-14,18H,1-6,9H2. The number of carbonyl (C=O) groups excluding carboxylic acids is 2. The van der Waals surface area contributed by atoms with Crippen molar-refractivity contribution in [2.75, 3.05) is 16.8 Å². The Labute approximate surface area is 124 Å². The Morgan fingerprint density at radius 3 is 2.43 bits per heavy atom. The highest BCUT2D eigenvalue weighted by Crippen LogP contribution is 2.41. The van der Waals surface area contributed by atoms with E-state index in [0.717, 1.165) is 56.4 Å². The third-order valence-corrected chi connectivity index (χ3v) is 5.13. The Bertz CT molecular complexity index is 587. The summed E-state index contributed by atoms with van der Waals surface area (Å²) in [6.45, 7) is 0.962. The van der Waals surface area contributed by atoms with Crippen molar-refractivity contribution in [3.8, 4) is 0 Å². The van der Waals surface area contributed by atoms with E-state index in [1.54, 1.807) is 0 Å². The summed E-state index contributed by atoms with van der Waals surface area (Å²) in [5.74, 6) is -0.119. The van der Waals surface area contributed by atoms with E-state index in [1.807, 2.05) is 12.1 Å². The molecule has 1 aromatic carbocycles. The SMILES string of the molecule is O=C1C2CCCCC2C(=O)N1c1ccc2c(c1)NCCC2. The number of fused-ring (bicyclic) bond motifs is 2. The Balaban J connectivity index is 1.69. The van der Waals surface area contributed by atoms with E-state index in [0.29, 0.717) is 0 Å². The highest BCUT2D eigenvalue weighted by Gasteiger charge is 2.48. The summed E-state index contributed by atoms with van der Waals surface area (Å²) in [5, 5.41) is 3.37. The molecular weight excluding hydrogens is 264 g/mol. The number of benzene rings is 1. The molecule has 2 heterocycles. The third-order valence-electron chi connectivity index (χ3n) is 5.13. The van der Waals surface area contributed by atoms with Crippen molar-refractivity contribution in [2.24, 2.45) is 11.8 Å². The molecule has 4 rings (SSSR count). The van der Waals surface area contributed by atoms with Gasteiger partial charge in [-0.05, 0) is 43.4 Å². The molecule has 1 aliphatic carbocycles. The van der Waals surface area contributed by atoms with Gasteiger partial charge in [0.05, 0.1) is 17.5 Å². The number of nitrogens with zero attached hydrogens (tertiary/aromatic N) is 1. The molecule has 1 saturated carbocycles. The highest BCUT2D eigenvalue weighted by molar-refractivity contribution is 6.22. The van der Waals surface area contributed by atoms with E-state index in [1.165, 1.54) is 10.5 Å². The fourth-order valence-corrected chi connectivity index (χ4v) is 4.00. The zero-order chi connectivity index (χ0) is 14.4. The van der Waals surface area contributed by atoms with Crippen molar-refractivity contribution in [3.05, 3.63) is 23.8 Å². The summed E-state index contributed by atoms with van der Waals surface area (Å²) in [5.41, 5.74) is 3.10. The molecule has 0 aromatic heterocycles. The number of imide groups is 1. The van der Waals surface area contributed by atoms with E-state index < -0.39 is 0 Å². The molecule has 1 N–H and O–H groups in total. The highest BCUT2D eigenvalue weighted by atomic mass is 16.2. The first-order valence-corrected chi connectivity index (χ1v) is 8.00. The molecule has 2 atom stereocenters. The smallest absolute Gasteiger partial charge is 0.237 e. The first-order chi connectivity index (χ1) is 10.3. The van der Waals surface area contributed by atoms with Gasteiger partial charge in [0.25, 0.3) is 0 Å². The maximum atomic E-state index is 12.6. The lowest BCUT2D eigenvalue weighted by atomic mass is 9.81. The molecule has 2 amide bonds. The number of nitrogens with one attached hydrogen (secondary N) is 1. The summed E-state index contributed by atoms with van der Waals surface area (Å²) in [7, 11) is 0. The Morgan fingerprint density at radius 1 is 1.00 bits per heavy atom. The quantitative estimate of drug-likeness (QED) is 0.807. The van der Waals surface area contributed by atoms with E-state index >= 15 is 0 Å². The number of aryl methyl sites for hydroxylation is 1. The van der Waals surface area contributed by atoms with E-state index in [-0.39, 0.29) is 23.7 Å². The lowest BCUT2D eigenvalue weighted by molar-refractivity contribution is -0.122. The van der Waals surface area contributed by atoms with Crippen molar-refractivity contribution in [2.45, 2.75) is 38.5 Å². The Kier molecular flexibility index (Phi) is 2.98. The summed E-state index contributed by atoms with van der Waals surface area (Å²) in [4.78, 5) is 26.6. The van der Waals surface area contributed by atoms with Gasteiger partial charge in [0, 0.05) is 12.2 Å². The minimum Gasteiger partial charge on any atom is -0.385 e.